The van der Waals surface area contributed by atoms with Gasteiger partial charge in [-0.15, -0.1) is 0 Å². The van der Waals surface area contributed by atoms with Crippen LogP contribution in [-0.2, 0) is 16.0 Å². The van der Waals surface area contributed by atoms with E-state index >= 15 is 0 Å². The van der Waals surface area contributed by atoms with Gasteiger partial charge in [0.2, 0.25) is 5.91 Å². The third-order valence-corrected chi connectivity index (χ3v) is 4.29. The maximum Gasteiger partial charge on any atom is 0.258 e. The van der Waals surface area contributed by atoms with E-state index in [4.69, 9.17) is 4.74 Å². The maximum absolute atomic E-state index is 12.9. The fourth-order valence-electron chi connectivity index (χ4n) is 3.02. The van der Waals surface area contributed by atoms with Gasteiger partial charge in [0.15, 0.2) is 0 Å². The molecule has 0 spiro atoms. The van der Waals surface area contributed by atoms with E-state index in [1.807, 2.05) is 18.2 Å². The molecule has 0 radical (unpaired) electrons. The predicted molar refractivity (Wildman–Crippen MR) is 102 cm³/mol. The highest BCUT2D eigenvalue weighted by atomic mass is 16.5. The third kappa shape index (κ3) is 4.28. The third-order valence-electron chi connectivity index (χ3n) is 4.29. The number of hydrogen-bond acceptors (Lipinski definition) is 4. The van der Waals surface area contributed by atoms with E-state index in [9.17, 15) is 9.59 Å². The molecule has 136 valence electrons. The van der Waals surface area contributed by atoms with Crippen LogP contribution < -0.4 is 15.5 Å². The van der Waals surface area contributed by atoms with Gasteiger partial charge in [-0.25, -0.2) is 0 Å². The molecule has 6 nitrogen and oxygen atoms in total. The zero-order valence-electron chi connectivity index (χ0n) is 14.8. The second kappa shape index (κ2) is 8.60. The Morgan fingerprint density at radius 2 is 2.00 bits per heavy atom. The van der Waals surface area contributed by atoms with Crippen LogP contribution in [0, 0.1) is 0 Å². The van der Waals surface area contributed by atoms with E-state index in [1.165, 1.54) is 5.56 Å². The quantitative estimate of drug-likeness (QED) is 0.748. The number of anilines is 2. The molecule has 1 aliphatic rings. The highest BCUT2D eigenvalue weighted by Crippen LogP contribution is 2.29. The summed E-state index contributed by atoms with van der Waals surface area (Å²) in [6.07, 6.45) is 0.867. The monoisotopic (exact) mass is 353 g/mol. The molecule has 0 aliphatic carbocycles. The van der Waals surface area contributed by atoms with Crippen LogP contribution in [0.15, 0.2) is 48.5 Å². The van der Waals surface area contributed by atoms with Gasteiger partial charge in [0.1, 0.15) is 0 Å². The molecular weight excluding hydrogens is 330 g/mol. The Hall–Kier alpha value is -2.70. The molecule has 26 heavy (non-hydrogen) atoms. The van der Waals surface area contributed by atoms with Crippen LogP contribution in [-0.4, -0.2) is 45.2 Å². The van der Waals surface area contributed by atoms with Crippen molar-refractivity contribution >= 4 is 23.2 Å². The van der Waals surface area contributed by atoms with Crippen molar-refractivity contribution in [3.8, 4) is 0 Å². The summed E-state index contributed by atoms with van der Waals surface area (Å²) in [7, 11) is 1.61. The number of methoxy groups -OCH3 is 1. The summed E-state index contributed by atoms with van der Waals surface area (Å²) >= 11 is 0. The Morgan fingerprint density at radius 1 is 1.15 bits per heavy atom. The number of benzene rings is 2. The van der Waals surface area contributed by atoms with E-state index in [0.29, 0.717) is 30.9 Å². The van der Waals surface area contributed by atoms with Gasteiger partial charge in [-0.1, -0.05) is 24.3 Å². The number of rotatable bonds is 7. The molecule has 3 rings (SSSR count). The number of amides is 2. The topological polar surface area (TPSA) is 70.7 Å². The van der Waals surface area contributed by atoms with Crippen molar-refractivity contribution in [2.75, 3.05) is 43.6 Å². The molecule has 0 aromatic heterocycles. The molecule has 2 aromatic rings. The number of nitrogens with one attached hydrogen (secondary N) is 2. The molecule has 0 saturated heterocycles. The lowest BCUT2D eigenvalue weighted by Gasteiger charge is -2.18. The maximum atomic E-state index is 12.9. The second-order valence-corrected chi connectivity index (χ2v) is 6.13. The summed E-state index contributed by atoms with van der Waals surface area (Å²) in [5.74, 6) is -0.207. The molecule has 0 unspecified atom stereocenters. The van der Waals surface area contributed by atoms with Crippen LogP contribution in [0.1, 0.15) is 15.9 Å². The highest BCUT2D eigenvalue weighted by Gasteiger charge is 2.25. The average molecular weight is 353 g/mol. The summed E-state index contributed by atoms with van der Waals surface area (Å²) in [5.41, 5.74) is 3.33. The summed E-state index contributed by atoms with van der Waals surface area (Å²) in [6.45, 7) is 2.03. The standard InChI is InChI=1S/C20H23N3O3/c1-26-12-10-21-14-19(24)22-17-7-4-6-16(13-17)20(25)23-11-9-15-5-2-3-8-18(15)23/h2-8,13,21H,9-12,14H2,1H3,(H,22,24). The first-order chi connectivity index (χ1) is 12.7. The van der Waals surface area contributed by atoms with Crippen molar-refractivity contribution in [1.29, 1.82) is 0 Å². The zero-order valence-corrected chi connectivity index (χ0v) is 14.8. The van der Waals surface area contributed by atoms with Crippen LogP contribution in [0.4, 0.5) is 11.4 Å². The van der Waals surface area contributed by atoms with Gasteiger partial charge in [0.05, 0.1) is 13.2 Å². The van der Waals surface area contributed by atoms with Crippen LogP contribution >= 0.6 is 0 Å². The van der Waals surface area contributed by atoms with E-state index in [1.54, 1.807) is 36.3 Å². The number of nitrogens with zero attached hydrogens (tertiary/aromatic N) is 1. The van der Waals surface area contributed by atoms with Crippen molar-refractivity contribution in [3.63, 3.8) is 0 Å². The molecule has 0 saturated carbocycles. The van der Waals surface area contributed by atoms with Gasteiger partial charge >= 0.3 is 0 Å². The molecule has 0 bridgehead atoms. The Balaban J connectivity index is 1.64. The molecule has 2 N–H and O–H groups in total. The van der Waals surface area contributed by atoms with E-state index < -0.39 is 0 Å². The molecule has 0 fully saturated rings. The molecule has 1 heterocycles. The number of para-hydroxylation sites is 1. The lowest BCUT2D eigenvalue weighted by molar-refractivity contribution is -0.115. The van der Waals surface area contributed by atoms with Gasteiger partial charge in [-0.05, 0) is 36.2 Å². The van der Waals surface area contributed by atoms with Crippen molar-refractivity contribution < 1.29 is 14.3 Å². The first kappa shape index (κ1) is 18.1. The fraction of sp³-hybridized carbons (Fsp3) is 0.300. The zero-order chi connectivity index (χ0) is 18.4. The molecule has 2 amide bonds. The van der Waals surface area contributed by atoms with Crippen molar-refractivity contribution in [2.45, 2.75) is 6.42 Å². The highest BCUT2D eigenvalue weighted by molar-refractivity contribution is 6.08. The Morgan fingerprint density at radius 3 is 2.85 bits per heavy atom. The lowest BCUT2D eigenvalue weighted by atomic mass is 10.1. The number of fused-ring (bicyclic) bond motifs is 1. The van der Waals surface area contributed by atoms with E-state index in [0.717, 1.165) is 12.1 Å². The van der Waals surface area contributed by atoms with Crippen molar-refractivity contribution in [1.82, 2.24) is 5.32 Å². The fourth-order valence-corrected chi connectivity index (χ4v) is 3.02. The smallest absolute Gasteiger partial charge is 0.258 e. The van der Waals surface area contributed by atoms with Gasteiger partial charge in [0.25, 0.3) is 5.91 Å². The Kier molecular flexibility index (Phi) is 5.99. The van der Waals surface area contributed by atoms with Gasteiger partial charge in [-0.3, -0.25) is 9.59 Å². The summed E-state index contributed by atoms with van der Waals surface area (Å²) in [4.78, 5) is 26.6. The predicted octanol–water partition coefficient (Wildman–Crippen LogP) is 2.06. The minimum Gasteiger partial charge on any atom is -0.383 e. The molecule has 1 aliphatic heterocycles. The van der Waals surface area contributed by atoms with Gasteiger partial charge in [0, 0.05) is 37.1 Å². The lowest BCUT2D eigenvalue weighted by Crippen LogP contribution is -2.31. The first-order valence-electron chi connectivity index (χ1n) is 8.68. The van der Waals surface area contributed by atoms with Gasteiger partial charge < -0.3 is 20.3 Å². The van der Waals surface area contributed by atoms with Crippen LogP contribution in [0.25, 0.3) is 0 Å². The molecule has 2 aromatic carbocycles. The summed E-state index contributed by atoms with van der Waals surface area (Å²) in [5, 5.41) is 5.80. The van der Waals surface area contributed by atoms with Crippen molar-refractivity contribution in [2.24, 2.45) is 0 Å². The number of carbonyl (C=O) groups is 2. The minimum atomic E-state index is -0.155. The van der Waals surface area contributed by atoms with E-state index in [2.05, 4.69) is 16.7 Å². The van der Waals surface area contributed by atoms with Crippen molar-refractivity contribution in [3.05, 3.63) is 59.7 Å². The van der Waals surface area contributed by atoms with Gasteiger partial charge in [-0.2, -0.15) is 0 Å². The SMILES string of the molecule is COCCNCC(=O)Nc1cccc(C(=O)N2CCc3ccccc32)c1. The summed E-state index contributed by atoms with van der Waals surface area (Å²) in [6, 6.07) is 15.0. The number of ether oxygens (including phenoxy) is 1. The minimum absolute atomic E-state index is 0.0516. The Bertz CT molecular complexity index is 791. The normalized spacial score (nSPS) is 12.7. The molecule has 0 atom stereocenters. The first-order valence-corrected chi connectivity index (χ1v) is 8.68. The van der Waals surface area contributed by atoms with Crippen LogP contribution in [0.5, 0.6) is 0 Å². The molecule has 6 heteroatoms. The molecular formula is C20H23N3O3. The van der Waals surface area contributed by atoms with E-state index in [-0.39, 0.29) is 18.4 Å². The van der Waals surface area contributed by atoms with Crippen LogP contribution in [0.3, 0.4) is 0 Å². The largest absolute Gasteiger partial charge is 0.383 e. The Labute approximate surface area is 153 Å². The van der Waals surface area contributed by atoms with Crippen LogP contribution in [0.2, 0.25) is 0 Å². The number of hydrogen-bond donors (Lipinski definition) is 2. The average Bonchev–Trinajstić information content (AvgIpc) is 3.09. The number of carbonyl (C=O) groups excluding carboxylic acids is 2. The summed E-state index contributed by atoms with van der Waals surface area (Å²) < 4.78 is 4.92. The second-order valence-electron chi connectivity index (χ2n) is 6.13.